The quantitative estimate of drug-likeness (QED) is 0.798. The van der Waals surface area contributed by atoms with Crippen LogP contribution in [0.3, 0.4) is 0 Å². The molecule has 16 heavy (non-hydrogen) atoms. The molecule has 0 aromatic carbocycles. The summed E-state index contributed by atoms with van der Waals surface area (Å²) in [5.41, 5.74) is 6.27. The fourth-order valence-corrected chi connectivity index (χ4v) is 2.66. The lowest BCUT2D eigenvalue weighted by molar-refractivity contribution is 0.111. The zero-order valence-electron chi connectivity index (χ0n) is 11.6. The van der Waals surface area contributed by atoms with Gasteiger partial charge < -0.3 is 10.6 Å². The molecule has 1 rings (SSSR count). The van der Waals surface area contributed by atoms with Crippen molar-refractivity contribution in [2.75, 3.05) is 19.6 Å². The van der Waals surface area contributed by atoms with Crippen molar-refractivity contribution in [2.24, 2.45) is 17.1 Å². The molecule has 1 fully saturated rings. The molecule has 96 valence electrons. The summed E-state index contributed by atoms with van der Waals surface area (Å²) in [5.74, 6) is 0.914. The van der Waals surface area contributed by atoms with Gasteiger partial charge >= 0.3 is 0 Å². The van der Waals surface area contributed by atoms with Crippen LogP contribution in [0.5, 0.6) is 0 Å². The van der Waals surface area contributed by atoms with Gasteiger partial charge in [-0.25, -0.2) is 0 Å². The predicted molar refractivity (Wildman–Crippen MR) is 71.5 cm³/mol. The van der Waals surface area contributed by atoms with Crippen LogP contribution >= 0.6 is 0 Å². The zero-order valence-corrected chi connectivity index (χ0v) is 11.6. The topological polar surface area (TPSA) is 29.3 Å². The van der Waals surface area contributed by atoms with Gasteiger partial charge in [-0.2, -0.15) is 0 Å². The van der Waals surface area contributed by atoms with E-state index in [0.29, 0.717) is 11.5 Å². The summed E-state index contributed by atoms with van der Waals surface area (Å²) in [6, 6.07) is 0.368. The van der Waals surface area contributed by atoms with Crippen molar-refractivity contribution in [3.63, 3.8) is 0 Å². The molecule has 1 saturated heterocycles. The number of rotatable bonds is 4. The maximum absolute atomic E-state index is 5.77. The molecule has 0 radical (unpaired) electrons. The molecule has 2 nitrogen and oxygen atoms in total. The van der Waals surface area contributed by atoms with E-state index in [0.717, 1.165) is 5.92 Å². The predicted octanol–water partition coefficient (Wildman–Crippen LogP) is 2.87. The first-order chi connectivity index (χ1) is 7.39. The van der Waals surface area contributed by atoms with Crippen LogP contribution in [0.2, 0.25) is 0 Å². The summed E-state index contributed by atoms with van der Waals surface area (Å²) in [7, 11) is 0. The Labute approximate surface area is 102 Å². The molecular formula is C14H30N2. The van der Waals surface area contributed by atoms with Gasteiger partial charge in [0, 0.05) is 6.04 Å². The fourth-order valence-electron chi connectivity index (χ4n) is 2.66. The van der Waals surface area contributed by atoms with Crippen molar-refractivity contribution in [1.82, 2.24) is 4.90 Å². The van der Waals surface area contributed by atoms with Crippen LogP contribution in [0, 0.1) is 11.3 Å². The summed E-state index contributed by atoms with van der Waals surface area (Å²) in [4.78, 5) is 2.62. The monoisotopic (exact) mass is 226 g/mol. The molecule has 2 N–H and O–H groups in total. The normalized spacial score (nSPS) is 22.3. The lowest BCUT2D eigenvalue weighted by Gasteiger charge is -2.38. The molecule has 0 amide bonds. The number of piperidine rings is 1. The van der Waals surface area contributed by atoms with E-state index in [2.05, 4.69) is 32.6 Å². The second-order valence-electron chi connectivity index (χ2n) is 6.60. The van der Waals surface area contributed by atoms with Crippen molar-refractivity contribution in [2.45, 2.75) is 59.4 Å². The molecule has 1 aliphatic rings. The van der Waals surface area contributed by atoms with Gasteiger partial charge in [-0.15, -0.1) is 0 Å². The molecule has 0 saturated carbocycles. The van der Waals surface area contributed by atoms with Gasteiger partial charge in [0.25, 0.3) is 0 Å². The highest BCUT2D eigenvalue weighted by Crippen LogP contribution is 2.34. The molecular weight excluding hydrogens is 196 g/mol. The van der Waals surface area contributed by atoms with E-state index >= 15 is 0 Å². The minimum absolute atomic E-state index is 0.368. The number of nitrogens with two attached hydrogens (primary N) is 1. The van der Waals surface area contributed by atoms with Crippen LogP contribution in [0.1, 0.15) is 53.4 Å². The molecule has 0 spiro atoms. The summed E-state index contributed by atoms with van der Waals surface area (Å²) >= 11 is 0. The van der Waals surface area contributed by atoms with E-state index in [1.165, 1.54) is 45.3 Å². The minimum Gasteiger partial charge on any atom is -0.328 e. The van der Waals surface area contributed by atoms with Gasteiger partial charge in [0.2, 0.25) is 0 Å². The molecule has 0 aromatic heterocycles. The maximum atomic E-state index is 5.77. The van der Waals surface area contributed by atoms with Gasteiger partial charge in [0.1, 0.15) is 0 Å². The molecule has 1 atom stereocenters. The Morgan fingerprint density at radius 1 is 1.25 bits per heavy atom. The number of likely N-dealkylation sites (tertiary alicyclic amines) is 1. The van der Waals surface area contributed by atoms with Crippen LogP contribution in [-0.2, 0) is 0 Å². The lowest BCUT2D eigenvalue weighted by atomic mass is 9.75. The first-order valence-electron chi connectivity index (χ1n) is 6.87. The first kappa shape index (κ1) is 14.0. The van der Waals surface area contributed by atoms with Crippen molar-refractivity contribution in [3.05, 3.63) is 0 Å². The van der Waals surface area contributed by atoms with Gasteiger partial charge in [-0.05, 0) is 63.6 Å². The highest BCUT2D eigenvalue weighted by Gasteiger charge is 2.28. The third kappa shape index (κ3) is 4.84. The highest BCUT2D eigenvalue weighted by atomic mass is 15.1. The molecule has 0 aromatic rings. The van der Waals surface area contributed by atoms with Crippen LogP contribution in [0.15, 0.2) is 0 Å². The standard InChI is InChI=1S/C14H30N2/c1-12(15)6-5-9-16-10-7-13(8-11-16)14(2,3)4/h12-13H,5-11,15H2,1-4H3. The molecule has 1 unspecified atom stereocenters. The van der Waals surface area contributed by atoms with E-state index in [1.54, 1.807) is 0 Å². The van der Waals surface area contributed by atoms with Crippen molar-refractivity contribution in [3.8, 4) is 0 Å². The first-order valence-corrected chi connectivity index (χ1v) is 6.87. The second-order valence-corrected chi connectivity index (χ2v) is 6.60. The van der Waals surface area contributed by atoms with E-state index in [1.807, 2.05) is 0 Å². The van der Waals surface area contributed by atoms with E-state index in [-0.39, 0.29) is 0 Å². The third-order valence-corrected chi connectivity index (χ3v) is 3.95. The van der Waals surface area contributed by atoms with Crippen molar-refractivity contribution in [1.29, 1.82) is 0 Å². The Hall–Kier alpha value is -0.0800. The smallest absolute Gasteiger partial charge is 0.00109 e. The molecule has 2 heteroatoms. The zero-order chi connectivity index (χ0) is 12.2. The Bertz CT molecular complexity index is 185. The van der Waals surface area contributed by atoms with Gasteiger partial charge in [-0.1, -0.05) is 20.8 Å². The molecule has 1 heterocycles. The van der Waals surface area contributed by atoms with Crippen molar-refractivity contribution >= 4 is 0 Å². The number of hydrogen-bond acceptors (Lipinski definition) is 2. The van der Waals surface area contributed by atoms with Crippen LogP contribution in [0.4, 0.5) is 0 Å². The summed E-state index contributed by atoms with van der Waals surface area (Å²) in [6.45, 7) is 13.1. The SMILES string of the molecule is CC(N)CCCN1CCC(C(C)(C)C)CC1. The van der Waals surface area contributed by atoms with Gasteiger partial charge in [-0.3, -0.25) is 0 Å². The Morgan fingerprint density at radius 3 is 2.25 bits per heavy atom. The summed E-state index contributed by atoms with van der Waals surface area (Å²) < 4.78 is 0. The summed E-state index contributed by atoms with van der Waals surface area (Å²) in [5, 5.41) is 0. The van der Waals surface area contributed by atoms with Crippen molar-refractivity contribution < 1.29 is 0 Å². The molecule has 0 bridgehead atoms. The van der Waals surface area contributed by atoms with E-state index in [4.69, 9.17) is 5.73 Å². The van der Waals surface area contributed by atoms with E-state index < -0.39 is 0 Å². The Kier molecular flexibility index (Phi) is 5.26. The Balaban J connectivity index is 2.17. The largest absolute Gasteiger partial charge is 0.328 e. The Morgan fingerprint density at radius 2 is 1.81 bits per heavy atom. The van der Waals surface area contributed by atoms with E-state index in [9.17, 15) is 0 Å². The van der Waals surface area contributed by atoms with Crippen LogP contribution < -0.4 is 5.73 Å². The molecule has 0 aliphatic carbocycles. The highest BCUT2D eigenvalue weighted by molar-refractivity contribution is 4.80. The van der Waals surface area contributed by atoms with Gasteiger partial charge in [0.05, 0.1) is 0 Å². The number of hydrogen-bond donors (Lipinski definition) is 1. The minimum atomic E-state index is 0.368. The third-order valence-electron chi connectivity index (χ3n) is 3.95. The van der Waals surface area contributed by atoms with Crippen LogP contribution in [-0.4, -0.2) is 30.6 Å². The average molecular weight is 226 g/mol. The van der Waals surface area contributed by atoms with Gasteiger partial charge in [0.15, 0.2) is 0 Å². The summed E-state index contributed by atoms with van der Waals surface area (Å²) in [6.07, 6.45) is 5.18. The fraction of sp³-hybridized carbons (Fsp3) is 1.00. The van der Waals surface area contributed by atoms with Crippen LogP contribution in [0.25, 0.3) is 0 Å². The number of nitrogens with zero attached hydrogens (tertiary/aromatic N) is 1. The second kappa shape index (κ2) is 6.02. The maximum Gasteiger partial charge on any atom is 0.00109 e. The lowest BCUT2D eigenvalue weighted by Crippen LogP contribution is -2.38. The molecule has 1 aliphatic heterocycles. The average Bonchev–Trinajstić information content (AvgIpc) is 2.16.